The highest BCUT2D eigenvalue weighted by molar-refractivity contribution is 5.89. The molecule has 0 saturated carbocycles. The predicted octanol–water partition coefficient (Wildman–Crippen LogP) is 1.56. The van der Waals surface area contributed by atoms with E-state index in [1.165, 1.54) is 0 Å². The third-order valence-corrected chi connectivity index (χ3v) is 3.85. The van der Waals surface area contributed by atoms with E-state index < -0.39 is 17.9 Å². The molecule has 0 bridgehead atoms. The molecule has 1 rings (SSSR count). The summed E-state index contributed by atoms with van der Waals surface area (Å²) < 4.78 is 0. The van der Waals surface area contributed by atoms with Gasteiger partial charge in [0.25, 0.3) is 0 Å². The van der Waals surface area contributed by atoms with Crippen molar-refractivity contribution in [1.82, 2.24) is 10.2 Å². The molecule has 0 fully saturated rings. The Balaban J connectivity index is 2.79. The molecule has 0 radical (unpaired) electrons. The summed E-state index contributed by atoms with van der Waals surface area (Å²) in [5.74, 6) is -2.08. The van der Waals surface area contributed by atoms with Crippen molar-refractivity contribution in [3.63, 3.8) is 0 Å². The number of carboxylic acids is 1. The third kappa shape index (κ3) is 6.28. The van der Waals surface area contributed by atoms with Gasteiger partial charge in [-0.15, -0.1) is 0 Å². The van der Waals surface area contributed by atoms with E-state index in [0.29, 0.717) is 13.0 Å². The largest absolute Gasteiger partial charge is 0.481 e. The maximum atomic E-state index is 12.2. The van der Waals surface area contributed by atoms with E-state index in [9.17, 15) is 14.4 Å². The molecule has 0 aromatic heterocycles. The van der Waals surface area contributed by atoms with Crippen molar-refractivity contribution in [3.05, 3.63) is 12.2 Å². The van der Waals surface area contributed by atoms with Crippen molar-refractivity contribution < 1.29 is 19.5 Å². The lowest BCUT2D eigenvalue weighted by atomic mass is 9.96. The van der Waals surface area contributed by atoms with Crippen LogP contribution in [0.2, 0.25) is 0 Å². The number of hydrogen-bond acceptors (Lipinski definition) is 3. The molecule has 0 aromatic rings. The van der Waals surface area contributed by atoms with Crippen molar-refractivity contribution in [2.24, 2.45) is 5.92 Å². The lowest BCUT2D eigenvalue weighted by Gasteiger charge is -2.24. The number of carboxylic acid groups (broad SMARTS) is 1. The van der Waals surface area contributed by atoms with Crippen LogP contribution in [0.5, 0.6) is 0 Å². The zero-order valence-electron chi connectivity index (χ0n) is 13.4. The fourth-order valence-corrected chi connectivity index (χ4v) is 2.53. The zero-order valence-corrected chi connectivity index (χ0v) is 13.4. The van der Waals surface area contributed by atoms with Crippen molar-refractivity contribution in [3.8, 4) is 0 Å². The third-order valence-electron chi connectivity index (χ3n) is 3.85. The van der Waals surface area contributed by atoms with Gasteiger partial charge in [0.2, 0.25) is 11.8 Å². The van der Waals surface area contributed by atoms with Crippen molar-refractivity contribution in [1.29, 1.82) is 0 Å². The highest BCUT2D eigenvalue weighted by atomic mass is 16.4. The van der Waals surface area contributed by atoms with Crippen LogP contribution in [0.3, 0.4) is 0 Å². The summed E-state index contributed by atoms with van der Waals surface area (Å²) in [4.78, 5) is 36.9. The van der Waals surface area contributed by atoms with E-state index >= 15 is 0 Å². The summed E-state index contributed by atoms with van der Waals surface area (Å²) in [6.07, 6.45) is 7.87. The van der Waals surface area contributed by atoms with Gasteiger partial charge in [0.15, 0.2) is 0 Å². The van der Waals surface area contributed by atoms with Crippen molar-refractivity contribution in [2.75, 3.05) is 13.6 Å². The van der Waals surface area contributed by atoms with Crippen LogP contribution >= 0.6 is 0 Å². The number of nitrogens with zero attached hydrogens (tertiary/aromatic N) is 1. The SMILES string of the molecule is C[C@@H]1NC(=O)[C@@H](CC(=O)O)CCC/C=C/CCCN(C)C1=O. The molecule has 22 heavy (non-hydrogen) atoms. The Morgan fingerprint density at radius 2 is 1.95 bits per heavy atom. The summed E-state index contributed by atoms with van der Waals surface area (Å²) in [7, 11) is 1.72. The molecule has 1 aliphatic heterocycles. The van der Waals surface area contributed by atoms with Crippen molar-refractivity contribution in [2.45, 2.75) is 51.5 Å². The monoisotopic (exact) mass is 310 g/mol. The highest BCUT2D eigenvalue weighted by Gasteiger charge is 2.25. The van der Waals surface area contributed by atoms with Gasteiger partial charge in [0.1, 0.15) is 6.04 Å². The Hall–Kier alpha value is -1.85. The second kappa shape index (κ2) is 9.23. The second-order valence-corrected chi connectivity index (χ2v) is 5.83. The number of hydrogen-bond donors (Lipinski definition) is 2. The Bertz CT molecular complexity index is 434. The zero-order chi connectivity index (χ0) is 16.5. The molecule has 6 nitrogen and oxygen atoms in total. The molecule has 2 N–H and O–H groups in total. The first-order valence-corrected chi connectivity index (χ1v) is 7.84. The molecule has 0 saturated heterocycles. The molecule has 0 unspecified atom stereocenters. The van der Waals surface area contributed by atoms with Gasteiger partial charge in [0, 0.05) is 19.5 Å². The smallest absolute Gasteiger partial charge is 0.304 e. The van der Waals surface area contributed by atoms with E-state index in [2.05, 4.69) is 17.5 Å². The number of amides is 2. The number of allylic oxidation sites excluding steroid dienone is 2. The minimum atomic E-state index is -0.993. The number of aliphatic carboxylic acids is 1. The summed E-state index contributed by atoms with van der Waals surface area (Å²) in [6.45, 7) is 2.28. The fourth-order valence-electron chi connectivity index (χ4n) is 2.53. The molecule has 0 spiro atoms. The molecule has 124 valence electrons. The van der Waals surface area contributed by atoms with Crippen LogP contribution in [0, 0.1) is 5.92 Å². The minimum Gasteiger partial charge on any atom is -0.481 e. The van der Waals surface area contributed by atoms with E-state index in [4.69, 9.17) is 5.11 Å². The lowest BCUT2D eigenvalue weighted by Crippen LogP contribution is -2.47. The molecule has 2 atom stereocenters. The number of likely N-dealkylation sites (N-methyl/N-ethyl adjacent to an activating group) is 1. The van der Waals surface area contributed by atoms with Crippen LogP contribution < -0.4 is 5.32 Å². The summed E-state index contributed by atoms with van der Waals surface area (Å²) >= 11 is 0. The Labute approximate surface area is 131 Å². The molecule has 0 aromatic carbocycles. The summed E-state index contributed by atoms with van der Waals surface area (Å²) in [6, 6.07) is -0.632. The van der Waals surface area contributed by atoms with E-state index in [0.717, 1.165) is 25.7 Å². The minimum absolute atomic E-state index is 0.150. The Morgan fingerprint density at radius 3 is 2.59 bits per heavy atom. The highest BCUT2D eigenvalue weighted by Crippen LogP contribution is 2.15. The average molecular weight is 310 g/mol. The lowest BCUT2D eigenvalue weighted by molar-refractivity contribution is -0.142. The van der Waals surface area contributed by atoms with Crippen LogP contribution in [0.15, 0.2) is 12.2 Å². The maximum Gasteiger partial charge on any atom is 0.304 e. The topological polar surface area (TPSA) is 86.7 Å². The van der Waals surface area contributed by atoms with Gasteiger partial charge in [-0.3, -0.25) is 14.4 Å². The van der Waals surface area contributed by atoms with Gasteiger partial charge < -0.3 is 15.3 Å². The van der Waals surface area contributed by atoms with Crippen molar-refractivity contribution >= 4 is 17.8 Å². The molecule has 1 aliphatic rings. The normalized spacial score (nSPS) is 26.9. The molecule has 0 aliphatic carbocycles. The quantitative estimate of drug-likeness (QED) is 0.758. The fraction of sp³-hybridized carbons (Fsp3) is 0.688. The van der Waals surface area contributed by atoms with Crippen LogP contribution in [0.25, 0.3) is 0 Å². The van der Waals surface area contributed by atoms with Crippen LogP contribution in [-0.4, -0.2) is 47.4 Å². The van der Waals surface area contributed by atoms with Crippen LogP contribution in [-0.2, 0) is 14.4 Å². The van der Waals surface area contributed by atoms with E-state index in [1.54, 1.807) is 18.9 Å². The number of nitrogens with one attached hydrogen (secondary N) is 1. The van der Waals surface area contributed by atoms with Gasteiger partial charge in [-0.2, -0.15) is 0 Å². The van der Waals surface area contributed by atoms with Gasteiger partial charge in [0.05, 0.1) is 6.42 Å². The summed E-state index contributed by atoms with van der Waals surface area (Å²) in [5.41, 5.74) is 0. The molecule has 2 amide bonds. The van der Waals surface area contributed by atoms with E-state index in [1.807, 2.05) is 0 Å². The first kappa shape index (κ1) is 18.2. The van der Waals surface area contributed by atoms with E-state index in [-0.39, 0.29) is 18.2 Å². The van der Waals surface area contributed by atoms with Crippen LogP contribution in [0.1, 0.15) is 45.4 Å². The Kier molecular flexibility index (Phi) is 7.63. The molecular weight excluding hydrogens is 284 g/mol. The number of carbonyl (C=O) groups is 3. The van der Waals surface area contributed by atoms with Gasteiger partial charge in [-0.25, -0.2) is 0 Å². The number of rotatable bonds is 2. The van der Waals surface area contributed by atoms with Gasteiger partial charge in [-0.05, 0) is 39.0 Å². The predicted molar refractivity (Wildman–Crippen MR) is 83.2 cm³/mol. The molecule has 6 heteroatoms. The summed E-state index contributed by atoms with van der Waals surface area (Å²) in [5, 5.41) is 11.6. The van der Waals surface area contributed by atoms with Gasteiger partial charge >= 0.3 is 5.97 Å². The molecular formula is C16H26N2O4. The van der Waals surface area contributed by atoms with Crippen LogP contribution in [0.4, 0.5) is 0 Å². The second-order valence-electron chi connectivity index (χ2n) is 5.83. The first-order valence-electron chi connectivity index (χ1n) is 7.84. The van der Waals surface area contributed by atoms with Gasteiger partial charge in [-0.1, -0.05) is 12.2 Å². The first-order chi connectivity index (χ1) is 10.4. The molecule has 1 heterocycles. The number of carbonyl (C=O) groups excluding carboxylic acids is 2. The standard InChI is InChI=1S/C16H26N2O4/c1-12-16(22)18(2)10-8-6-4-3-5-7-9-13(11-14(19)20)15(21)17-12/h3-4,12-13H,5-11H2,1-2H3,(H,17,21)(H,19,20)/b4-3+/t12-,13+/m0/s1. The average Bonchev–Trinajstić information content (AvgIpc) is 2.46. The maximum absolute atomic E-state index is 12.2. The Morgan fingerprint density at radius 1 is 1.32 bits per heavy atom.